The topological polar surface area (TPSA) is 70.7 Å². The van der Waals surface area contributed by atoms with E-state index in [1.165, 1.54) is 0 Å². The van der Waals surface area contributed by atoms with Crippen LogP contribution in [0.25, 0.3) is 0 Å². The van der Waals surface area contributed by atoms with E-state index in [4.69, 9.17) is 11.2 Å². The fourth-order valence-electron chi connectivity index (χ4n) is 2.41. The molecule has 1 atom stereocenters. The molecule has 3 amide bonds. The molecule has 24 heavy (non-hydrogen) atoms. The van der Waals surface area contributed by atoms with E-state index in [9.17, 15) is 9.59 Å². The highest BCUT2D eigenvalue weighted by Gasteiger charge is 2.30. The molecule has 0 spiro atoms. The van der Waals surface area contributed by atoms with E-state index in [0.29, 0.717) is 30.8 Å². The minimum Gasteiger partial charge on any atom is -0.444 e. The fraction of sp³-hybridized carbons (Fsp3) is 0.444. The number of carbonyl (C=O) groups excluding carboxylic acids is 2. The molecule has 0 aliphatic carbocycles. The van der Waals surface area contributed by atoms with E-state index in [2.05, 4.69) is 16.6 Å². The van der Waals surface area contributed by atoms with Gasteiger partial charge in [-0.3, -0.25) is 0 Å². The smallest absolute Gasteiger partial charge is 0.410 e. The lowest BCUT2D eigenvalue weighted by atomic mass is 10.2. The van der Waals surface area contributed by atoms with Gasteiger partial charge in [0.1, 0.15) is 5.60 Å². The number of urea groups is 1. The van der Waals surface area contributed by atoms with Crippen molar-refractivity contribution in [3.8, 4) is 12.3 Å². The van der Waals surface area contributed by atoms with Crippen LogP contribution in [0.1, 0.15) is 32.8 Å². The number of ether oxygens (including phenoxy) is 1. The van der Waals surface area contributed by atoms with Gasteiger partial charge in [-0.15, -0.1) is 6.42 Å². The van der Waals surface area contributed by atoms with Gasteiger partial charge >= 0.3 is 12.1 Å². The summed E-state index contributed by atoms with van der Waals surface area (Å²) in [4.78, 5) is 25.7. The summed E-state index contributed by atoms with van der Waals surface area (Å²) in [6, 6.07) is 6.64. The van der Waals surface area contributed by atoms with E-state index in [1.807, 2.05) is 20.8 Å². The predicted molar refractivity (Wildman–Crippen MR) is 92.7 cm³/mol. The molecule has 0 bridgehead atoms. The maximum Gasteiger partial charge on any atom is 0.410 e. The quantitative estimate of drug-likeness (QED) is 0.820. The zero-order valence-corrected chi connectivity index (χ0v) is 14.3. The molecule has 1 aliphatic heterocycles. The van der Waals surface area contributed by atoms with E-state index in [-0.39, 0.29) is 18.2 Å². The van der Waals surface area contributed by atoms with Crippen LogP contribution >= 0.6 is 0 Å². The van der Waals surface area contributed by atoms with Crippen LogP contribution < -0.4 is 10.6 Å². The van der Waals surface area contributed by atoms with Gasteiger partial charge in [0.05, 0.1) is 0 Å². The van der Waals surface area contributed by atoms with Gasteiger partial charge in [-0.05, 0) is 45.4 Å². The number of nitrogens with one attached hydrogen (secondary N) is 2. The summed E-state index contributed by atoms with van der Waals surface area (Å²) in [6.07, 6.45) is 5.68. The molecule has 6 heteroatoms. The highest BCUT2D eigenvalue weighted by molar-refractivity contribution is 5.89. The Hall–Kier alpha value is -2.68. The molecule has 0 unspecified atom stereocenters. The highest BCUT2D eigenvalue weighted by atomic mass is 16.6. The Labute approximate surface area is 142 Å². The van der Waals surface area contributed by atoms with Crippen molar-refractivity contribution in [2.24, 2.45) is 0 Å². The second kappa shape index (κ2) is 7.26. The summed E-state index contributed by atoms with van der Waals surface area (Å²) >= 11 is 0. The molecule has 2 rings (SSSR count). The summed E-state index contributed by atoms with van der Waals surface area (Å²) in [6.45, 7) is 6.48. The van der Waals surface area contributed by atoms with Crippen molar-refractivity contribution in [2.45, 2.75) is 38.8 Å². The van der Waals surface area contributed by atoms with Crippen molar-refractivity contribution < 1.29 is 14.3 Å². The van der Waals surface area contributed by atoms with Crippen LogP contribution in [0.2, 0.25) is 0 Å². The van der Waals surface area contributed by atoms with Crippen molar-refractivity contribution in [2.75, 3.05) is 18.4 Å². The van der Waals surface area contributed by atoms with Gasteiger partial charge < -0.3 is 20.3 Å². The minimum absolute atomic E-state index is 0.103. The molecule has 1 aliphatic rings. The number of amides is 3. The molecular weight excluding hydrogens is 306 g/mol. The Morgan fingerprint density at radius 2 is 2.12 bits per heavy atom. The molecule has 1 saturated heterocycles. The third-order valence-electron chi connectivity index (χ3n) is 3.46. The summed E-state index contributed by atoms with van der Waals surface area (Å²) in [5.41, 5.74) is 0.803. The van der Waals surface area contributed by atoms with Crippen LogP contribution in [0.3, 0.4) is 0 Å². The Kier molecular flexibility index (Phi) is 5.35. The number of anilines is 1. The van der Waals surface area contributed by atoms with Crippen molar-refractivity contribution in [1.29, 1.82) is 0 Å². The molecule has 0 aromatic heterocycles. The van der Waals surface area contributed by atoms with Gasteiger partial charge in [-0.1, -0.05) is 12.0 Å². The Morgan fingerprint density at radius 3 is 2.79 bits per heavy atom. The SMILES string of the molecule is C#Cc1cccc(NC(=O)N[C@H]2CCN(C(=O)OC(C)(C)C)C2)c1. The lowest BCUT2D eigenvalue weighted by Gasteiger charge is -2.24. The van der Waals surface area contributed by atoms with Crippen molar-refractivity contribution in [1.82, 2.24) is 10.2 Å². The van der Waals surface area contributed by atoms with Gasteiger partial charge in [-0.25, -0.2) is 9.59 Å². The first kappa shape index (κ1) is 17.7. The first-order valence-corrected chi connectivity index (χ1v) is 7.89. The Morgan fingerprint density at radius 1 is 1.38 bits per heavy atom. The molecule has 1 heterocycles. The van der Waals surface area contributed by atoms with Crippen molar-refractivity contribution in [3.05, 3.63) is 29.8 Å². The average Bonchev–Trinajstić information content (AvgIpc) is 2.94. The largest absolute Gasteiger partial charge is 0.444 e. The number of benzene rings is 1. The van der Waals surface area contributed by atoms with Crippen LogP contribution in [0.5, 0.6) is 0 Å². The summed E-state index contributed by atoms with van der Waals surface area (Å²) in [5.74, 6) is 2.52. The van der Waals surface area contributed by atoms with E-state index in [1.54, 1.807) is 29.2 Å². The van der Waals surface area contributed by atoms with Crippen LogP contribution in [-0.2, 0) is 4.74 Å². The van der Waals surface area contributed by atoms with Crippen molar-refractivity contribution >= 4 is 17.8 Å². The number of rotatable bonds is 2. The second-order valence-corrected chi connectivity index (χ2v) is 6.74. The molecule has 0 radical (unpaired) electrons. The lowest BCUT2D eigenvalue weighted by molar-refractivity contribution is 0.0291. The highest BCUT2D eigenvalue weighted by Crippen LogP contribution is 2.16. The predicted octanol–water partition coefficient (Wildman–Crippen LogP) is 2.80. The average molecular weight is 329 g/mol. The maximum absolute atomic E-state index is 12.1. The van der Waals surface area contributed by atoms with Gasteiger partial charge in [0, 0.05) is 30.4 Å². The zero-order valence-electron chi connectivity index (χ0n) is 14.3. The monoisotopic (exact) mass is 329 g/mol. The summed E-state index contributed by atoms with van der Waals surface area (Å²) in [7, 11) is 0. The summed E-state index contributed by atoms with van der Waals surface area (Å²) in [5, 5.41) is 5.61. The third kappa shape index (κ3) is 5.20. The first-order valence-electron chi connectivity index (χ1n) is 7.89. The zero-order chi connectivity index (χ0) is 17.7. The van der Waals surface area contributed by atoms with Crippen LogP contribution in [0.4, 0.5) is 15.3 Å². The maximum atomic E-state index is 12.1. The fourth-order valence-corrected chi connectivity index (χ4v) is 2.41. The number of hydrogen-bond acceptors (Lipinski definition) is 3. The van der Waals surface area contributed by atoms with Crippen molar-refractivity contribution in [3.63, 3.8) is 0 Å². The minimum atomic E-state index is -0.526. The number of likely N-dealkylation sites (tertiary alicyclic amines) is 1. The normalized spacial score (nSPS) is 17.1. The molecule has 6 nitrogen and oxygen atoms in total. The van der Waals surface area contributed by atoms with Gasteiger partial charge in [-0.2, -0.15) is 0 Å². The van der Waals surface area contributed by atoms with Crippen LogP contribution in [0.15, 0.2) is 24.3 Å². The molecule has 1 aromatic carbocycles. The van der Waals surface area contributed by atoms with Crippen LogP contribution in [-0.4, -0.2) is 41.8 Å². The molecule has 2 N–H and O–H groups in total. The third-order valence-corrected chi connectivity index (χ3v) is 3.46. The van der Waals surface area contributed by atoms with Crippen LogP contribution in [0, 0.1) is 12.3 Å². The van der Waals surface area contributed by atoms with E-state index >= 15 is 0 Å². The first-order chi connectivity index (χ1) is 11.3. The lowest BCUT2D eigenvalue weighted by Crippen LogP contribution is -2.41. The number of nitrogens with zero attached hydrogens (tertiary/aromatic N) is 1. The van der Waals surface area contributed by atoms with E-state index in [0.717, 1.165) is 0 Å². The molecule has 1 aromatic rings. The van der Waals surface area contributed by atoms with E-state index < -0.39 is 5.60 Å². The number of carbonyl (C=O) groups is 2. The molecule has 0 saturated carbocycles. The van der Waals surface area contributed by atoms with Gasteiger partial charge in [0.25, 0.3) is 0 Å². The molecule has 128 valence electrons. The summed E-state index contributed by atoms with van der Waals surface area (Å²) < 4.78 is 5.34. The van der Waals surface area contributed by atoms with Gasteiger partial charge in [0.15, 0.2) is 0 Å². The van der Waals surface area contributed by atoms with Gasteiger partial charge in [0.2, 0.25) is 0 Å². The Balaban J connectivity index is 1.83. The number of hydrogen-bond donors (Lipinski definition) is 2. The molecular formula is C18H23N3O3. The number of terminal acetylenes is 1. The Bertz CT molecular complexity index is 658. The standard InChI is InChI=1S/C18H23N3O3/c1-5-13-7-6-8-14(11-13)19-16(22)20-15-9-10-21(12-15)17(23)24-18(2,3)4/h1,6-8,11,15H,9-10,12H2,2-4H3,(H2,19,20,22)/t15-/m0/s1. The molecule has 1 fully saturated rings. The second-order valence-electron chi connectivity index (χ2n) is 6.74.